The zero-order valence-electron chi connectivity index (χ0n) is 18.3. The van der Waals surface area contributed by atoms with Gasteiger partial charge in [-0.25, -0.2) is 26.3 Å². The average Bonchev–Trinajstić information content (AvgIpc) is 3.16. The Labute approximate surface area is 196 Å². The molecule has 188 valence electrons. The van der Waals surface area contributed by atoms with Gasteiger partial charge in [-0.15, -0.1) is 0 Å². The van der Waals surface area contributed by atoms with E-state index in [9.17, 15) is 39.6 Å². The Bertz CT molecular complexity index is 1350. The van der Waals surface area contributed by atoms with Crippen LogP contribution in [0.5, 0.6) is 0 Å². The second-order valence-corrected chi connectivity index (χ2v) is 10.1. The summed E-state index contributed by atoms with van der Waals surface area (Å²) in [7, 11) is -3.48. The Morgan fingerprint density at radius 1 is 1.06 bits per heavy atom. The number of sulfone groups is 1. The minimum Gasteiger partial charge on any atom is -0.350 e. The Kier molecular flexibility index (Phi) is 7.29. The van der Waals surface area contributed by atoms with Crippen LogP contribution in [0.15, 0.2) is 42.5 Å². The first kappa shape index (κ1) is 26.3. The highest BCUT2D eigenvalue weighted by Crippen LogP contribution is 2.30. The van der Waals surface area contributed by atoms with E-state index in [2.05, 4.69) is 10.4 Å². The van der Waals surface area contributed by atoms with Crippen molar-refractivity contribution in [3.8, 4) is 5.69 Å². The van der Waals surface area contributed by atoms with E-state index in [1.165, 1.54) is 19.1 Å². The van der Waals surface area contributed by atoms with Crippen LogP contribution < -0.4 is 5.32 Å². The molecule has 0 spiro atoms. The Morgan fingerprint density at radius 3 is 2.23 bits per heavy atom. The molecule has 1 aromatic heterocycles. The monoisotopic (exact) mass is 519 g/mol. The van der Waals surface area contributed by atoms with E-state index >= 15 is 0 Å². The molecule has 3 rings (SSSR count). The maximum Gasteiger partial charge on any atom is 0.435 e. The van der Waals surface area contributed by atoms with Crippen LogP contribution in [-0.2, 0) is 33.1 Å². The van der Waals surface area contributed by atoms with E-state index in [-0.39, 0.29) is 22.5 Å². The van der Waals surface area contributed by atoms with Crippen molar-refractivity contribution in [2.75, 3.05) is 6.26 Å². The molecule has 13 heteroatoms. The van der Waals surface area contributed by atoms with Crippen molar-refractivity contribution < 1.29 is 39.6 Å². The maximum absolute atomic E-state index is 14.3. The molecule has 2 aromatic carbocycles. The number of carbonyl (C=O) groups is 1. The highest BCUT2D eigenvalue weighted by molar-refractivity contribution is 7.89. The average molecular weight is 519 g/mol. The van der Waals surface area contributed by atoms with Crippen LogP contribution in [0.2, 0.25) is 0 Å². The normalized spacial score (nSPS) is 13.0. The van der Waals surface area contributed by atoms with Crippen molar-refractivity contribution in [1.82, 2.24) is 15.1 Å². The van der Waals surface area contributed by atoms with Crippen LogP contribution in [0, 0.1) is 17.5 Å². The van der Waals surface area contributed by atoms with Crippen molar-refractivity contribution in [2.45, 2.75) is 31.3 Å². The van der Waals surface area contributed by atoms with Crippen molar-refractivity contribution in [3.63, 3.8) is 0 Å². The third-order valence-corrected chi connectivity index (χ3v) is 5.83. The van der Waals surface area contributed by atoms with Crippen molar-refractivity contribution in [1.29, 1.82) is 0 Å². The lowest BCUT2D eigenvalue weighted by molar-refractivity contribution is -0.141. The zero-order chi connectivity index (χ0) is 26.1. The Balaban J connectivity index is 1.83. The fraction of sp³-hybridized carbons (Fsp3) is 0.273. The SMILES string of the molecule is CC(C(=O)NCc1cc(C(F)(F)F)nn1-c1cc(F)cc(F)c1)c1ccc(CS(C)(=O)=O)c(F)c1. The molecule has 1 heterocycles. The van der Waals surface area contributed by atoms with Crippen LogP contribution in [0.25, 0.3) is 5.69 Å². The summed E-state index contributed by atoms with van der Waals surface area (Å²) in [5.41, 5.74) is -1.73. The summed E-state index contributed by atoms with van der Waals surface area (Å²) in [6.45, 7) is 0.930. The molecule has 0 fully saturated rings. The molecule has 0 aliphatic carbocycles. The van der Waals surface area contributed by atoms with E-state index in [0.29, 0.717) is 16.8 Å². The molecular weight excluding hydrogens is 500 g/mol. The van der Waals surface area contributed by atoms with Gasteiger partial charge in [-0.05, 0) is 36.8 Å². The van der Waals surface area contributed by atoms with Gasteiger partial charge in [-0.3, -0.25) is 4.79 Å². The fourth-order valence-electron chi connectivity index (χ4n) is 3.28. The standard InChI is InChI=1S/C22H19F6N3O3S/c1-12(13-3-4-14(19(25)5-13)11-35(2,33)34)21(32)29-10-18-9-20(22(26,27)28)30-31(18)17-7-15(23)6-16(24)8-17/h3-9,12H,10-11H2,1-2H3,(H,29,32). The topological polar surface area (TPSA) is 81.1 Å². The van der Waals surface area contributed by atoms with Gasteiger partial charge in [0.2, 0.25) is 5.91 Å². The quantitative estimate of drug-likeness (QED) is 0.473. The molecule has 0 saturated carbocycles. The summed E-state index contributed by atoms with van der Waals surface area (Å²) in [6.07, 6.45) is -3.90. The lowest BCUT2D eigenvalue weighted by atomic mass is 9.99. The van der Waals surface area contributed by atoms with E-state index in [1.54, 1.807) is 0 Å². The molecule has 3 aromatic rings. The van der Waals surface area contributed by atoms with Crippen LogP contribution in [0.1, 0.15) is 35.4 Å². The molecule has 0 saturated heterocycles. The first-order valence-corrected chi connectivity index (χ1v) is 12.1. The molecule has 0 aliphatic heterocycles. The third kappa shape index (κ3) is 6.62. The number of carbonyl (C=O) groups excluding carboxylic acids is 1. The summed E-state index contributed by atoms with van der Waals surface area (Å²) >= 11 is 0. The molecule has 1 atom stereocenters. The van der Waals surface area contributed by atoms with Gasteiger partial charge in [0.15, 0.2) is 15.5 Å². The van der Waals surface area contributed by atoms with Crippen LogP contribution >= 0.6 is 0 Å². The summed E-state index contributed by atoms with van der Waals surface area (Å²) < 4.78 is 105. The van der Waals surface area contributed by atoms with E-state index < -0.39 is 63.3 Å². The molecule has 1 amide bonds. The molecule has 6 nitrogen and oxygen atoms in total. The lowest BCUT2D eigenvalue weighted by Gasteiger charge is -2.14. The minimum atomic E-state index is -4.85. The number of hydrogen-bond donors (Lipinski definition) is 1. The number of alkyl halides is 3. The smallest absolute Gasteiger partial charge is 0.350 e. The Morgan fingerprint density at radius 2 is 1.69 bits per heavy atom. The van der Waals surface area contributed by atoms with Gasteiger partial charge in [0, 0.05) is 17.9 Å². The van der Waals surface area contributed by atoms with Gasteiger partial charge in [0.25, 0.3) is 0 Å². The second-order valence-electron chi connectivity index (χ2n) is 7.92. The molecule has 35 heavy (non-hydrogen) atoms. The number of benzene rings is 2. The molecule has 1 N–H and O–H groups in total. The predicted molar refractivity (Wildman–Crippen MR) is 114 cm³/mol. The second kappa shape index (κ2) is 9.72. The number of halogens is 6. The highest BCUT2D eigenvalue weighted by atomic mass is 32.2. The van der Waals surface area contributed by atoms with Crippen LogP contribution in [0.3, 0.4) is 0 Å². The molecule has 0 radical (unpaired) electrons. The molecular formula is C22H19F6N3O3S. The van der Waals surface area contributed by atoms with Crippen LogP contribution in [0.4, 0.5) is 26.3 Å². The van der Waals surface area contributed by atoms with Gasteiger partial charge in [0.1, 0.15) is 17.5 Å². The lowest BCUT2D eigenvalue weighted by Crippen LogP contribution is -2.28. The van der Waals surface area contributed by atoms with Gasteiger partial charge < -0.3 is 5.32 Å². The summed E-state index contributed by atoms with van der Waals surface area (Å²) in [4.78, 5) is 12.6. The predicted octanol–water partition coefficient (Wildman–Crippen LogP) is 4.27. The highest BCUT2D eigenvalue weighted by Gasteiger charge is 2.35. The summed E-state index contributed by atoms with van der Waals surface area (Å²) in [6, 6.07) is 6.35. The van der Waals surface area contributed by atoms with Crippen molar-refractivity contribution >= 4 is 15.7 Å². The fourth-order valence-corrected chi connectivity index (χ4v) is 4.08. The largest absolute Gasteiger partial charge is 0.435 e. The number of rotatable bonds is 7. The number of aromatic nitrogens is 2. The number of nitrogens with zero attached hydrogens (tertiary/aromatic N) is 2. The number of nitrogens with one attached hydrogen (secondary N) is 1. The van der Waals surface area contributed by atoms with E-state index in [0.717, 1.165) is 24.5 Å². The molecule has 0 aliphatic rings. The minimum absolute atomic E-state index is 0.0743. The molecule has 0 bridgehead atoms. The summed E-state index contributed by atoms with van der Waals surface area (Å²) in [5, 5.41) is 5.77. The van der Waals surface area contributed by atoms with Crippen LogP contribution in [-0.4, -0.2) is 30.4 Å². The summed E-state index contributed by atoms with van der Waals surface area (Å²) in [5.74, 6) is -5.06. The third-order valence-electron chi connectivity index (χ3n) is 5.00. The van der Waals surface area contributed by atoms with Gasteiger partial charge in [-0.2, -0.15) is 18.3 Å². The zero-order valence-corrected chi connectivity index (χ0v) is 19.1. The van der Waals surface area contributed by atoms with E-state index in [4.69, 9.17) is 0 Å². The van der Waals surface area contributed by atoms with Gasteiger partial charge >= 0.3 is 6.18 Å². The van der Waals surface area contributed by atoms with Crippen molar-refractivity contribution in [3.05, 3.63) is 82.4 Å². The van der Waals surface area contributed by atoms with Gasteiger partial charge in [0.05, 0.1) is 29.6 Å². The molecule has 1 unspecified atom stereocenters. The van der Waals surface area contributed by atoms with Gasteiger partial charge in [-0.1, -0.05) is 12.1 Å². The maximum atomic E-state index is 14.3. The first-order chi connectivity index (χ1) is 16.1. The first-order valence-electron chi connectivity index (χ1n) is 10.0. The number of hydrogen-bond acceptors (Lipinski definition) is 4. The number of amides is 1. The Hall–Kier alpha value is -3.35. The van der Waals surface area contributed by atoms with E-state index in [1.807, 2.05) is 0 Å². The van der Waals surface area contributed by atoms with Crippen molar-refractivity contribution in [2.24, 2.45) is 0 Å².